The van der Waals surface area contributed by atoms with E-state index >= 15 is 0 Å². The highest BCUT2D eigenvalue weighted by atomic mass is 32.2. The fraction of sp³-hybridized carbons (Fsp3) is 0.0588. The first-order valence-corrected chi connectivity index (χ1v) is 14.7. The molecule has 2 heterocycles. The number of anilines is 1. The van der Waals surface area contributed by atoms with E-state index in [9.17, 15) is 22.8 Å². The molecule has 0 spiro atoms. The van der Waals surface area contributed by atoms with Crippen molar-refractivity contribution < 1.29 is 22.8 Å². The lowest BCUT2D eigenvalue weighted by Gasteiger charge is -2.16. The molecule has 0 unspecified atom stereocenters. The van der Waals surface area contributed by atoms with Crippen LogP contribution in [0.15, 0.2) is 108 Å². The van der Waals surface area contributed by atoms with Crippen molar-refractivity contribution in [3.05, 3.63) is 136 Å². The Kier molecular flexibility index (Phi) is 8.03. The minimum atomic E-state index is -4.61. The maximum atomic E-state index is 13.9. The quantitative estimate of drug-likeness (QED) is 0.108. The summed E-state index contributed by atoms with van der Waals surface area (Å²) in [6.45, 7) is 0.463. The lowest BCUT2D eigenvalue weighted by atomic mass is 9.91. The lowest BCUT2D eigenvalue weighted by Crippen LogP contribution is -2.17. The fourth-order valence-electron chi connectivity index (χ4n) is 4.97. The zero-order valence-electron chi connectivity index (χ0n) is 22.8. The zero-order chi connectivity index (χ0) is 30.8. The van der Waals surface area contributed by atoms with Crippen LogP contribution in [0.1, 0.15) is 32.6 Å². The molecule has 5 nitrogen and oxygen atoms in total. The van der Waals surface area contributed by atoms with E-state index in [4.69, 9.17) is 12.2 Å². The van der Waals surface area contributed by atoms with Crippen LogP contribution in [0, 0.1) is 0 Å². The van der Waals surface area contributed by atoms with Crippen LogP contribution in [0.3, 0.4) is 0 Å². The van der Waals surface area contributed by atoms with Gasteiger partial charge in [-0.1, -0.05) is 103 Å². The van der Waals surface area contributed by atoms with Crippen molar-refractivity contribution in [3.8, 4) is 11.1 Å². The Morgan fingerprint density at radius 1 is 0.955 bits per heavy atom. The number of rotatable bonds is 7. The van der Waals surface area contributed by atoms with Gasteiger partial charge in [-0.15, -0.1) is 0 Å². The third-order valence-electron chi connectivity index (χ3n) is 7.05. The molecule has 5 aromatic rings. The van der Waals surface area contributed by atoms with E-state index < -0.39 is 11.7 Å². The maximum Gasteiger partial charge on any atom is 0.418 e. The van der Waals surface area contributed by atoms with Crippen LogP contribution in [0.25, 0.3) is 28.1 Å². The molecule has 0 saturated carbocycles. The molecule has 0 aliphatic carbocycles. The predicted molar refractivity (Wildman–Crippen MR) is 172 cm³/mol. The summed E-state index contributed by atoms with van der Waals surface area (Å²) in [4.78, 5) is 30.2. The standard InChI is InChI=1S/C34H22F3N3O2S2/c35-34(36,37)27-11-5-10-25-29(26(19-39-30(25)27)31(41)22-6-2-1-3-7-22)23-8-4-9-24(17-23)38-18-21-14-12-20(13-15-21)16-28-32(42)40-33(43)44-28/h1-17,19,38H,18H2,(H,40,42,43)/b28-16+. The monoisotopic (exact) mass is 625 g/mol. The molecule has 1 amide bonds. The molecule has 4 aromatic carbocycles. The Hall–Kier alpha value is -4.80. The number of aromatic nitrogens is 1. The average Bonchev–Trinajstić information content (AvgIpc) is 3.35. The van der Waals surface area contributed by atoms with E-state index in [0.29, 0.717) is 32.5 Å². The number of fused-ring (bicyclic) bond motifs is 1. The molecule has 0 radical (unpaired) electrons. The van der Waals surface area contributed by atoms with Crippen LogP contribution in [0.5, 0.6) is 0 Å². The summed E-state index contributed by atoms with van der Waals surface area (Å²) in [5.41, 5.74) is 3.04. The number of thioether (sulfide) groups is 1. The van der Waals surface area contributed by atoms with Crippen LogP contribution < -0.4 is 10.6 Å². The molecule has 1 aliphatic rings. The molecule has 1 aromatic heterocycles. The summed E-state index contributed by atoms with van der Waals surface area (Å²) in [6.07, 6.45) is -1.60. The second-order valence-electron chi connectivity index (χ2n) is 9.97. The van der Waals surface area contributed by atoms with Gasteiger partial charge < -0.3 is 10.6 Å². The van der Waals surface area contributed by atoms with E-state index in [1.807, 2.05) is 36.4 Å². The summed E-state index contributed by atoms with van der Waals surface area (Å²) in [5.74, 6) is -0.549. The number of amides is 1. The number of hydrogen-bond donors (Lipinski definition) is 2. The number of para-hydroxylation sites is 1. The summed E-state index contributed by atoms with van der Waals surface area (Å²) in [5, 5.41) is 6.19. The summed E-state index contributed by atoms with van der Waals surface area (Å²) < 4.78 is 42.2. The molecule has 0 bridgehead atoms. The number of alkyl halides is 3. The number of halogens is 3. The summed E-state index contributed by atoms with van der Waals surface area (Å²) in [7, 11) is 0. The molecular weight excluding hydrogens is 604 g/mol. The minimum Gasteiger partial charge on any atom is -0.381 e. The Balaban J connectivity index is 1.33. The van der Waals surface area contributed by atoms with Crippen molar-refractivity contribution in [2.24, 2.45) is 0 Å². The van der Waals surface area contributed by atoms with Gasteiger partial charge in [0.15, 0.2) is 5.78 Å². The highest BCUT2D eigenvalue weighted by Gasteiger charge is 2.34. The van der Waals surface area contributed by atoms with Crippen molar-refractivity contribution in [2.45, 2.75) is 12.7 Å². The fourth-order valence-corrected chi connectivity index (χ4v) is 6.02. The van der Waals surface area contributed by atoms with Gasteiger partial charge in [-0.3, -0.25) is 14.6 Å². The van der Waals surface area contributed by atoms with Gasteiger partial charge in [0.1, 0.15) is 4.32 Å². The van der Waals surface area contributed by atoms with Gasteiger partial charge in [-0.25, -0.2) is 0 Å². The first kappa shape index (κ1) is 29.3. The number of pyridine rings is 1. The number of carbonyl (C=O) groups is 2. The summed E-state index contributed by atoms with van der Waals surface area (Å²) in [6, 6.07) is 27.4. The molecule has 6 rings (SSSR count). The van der Waals surface area contributed by atoms with E-state index in [-0.39, 0.29) is 28.2 Å². The predicted octanol–water partition coefficient (Wildman–Crippen LogP) is 8.25. The molecule has 1 saturated heterocycles. The van der Waals surface area contributed by atoms with Crippen molar-refractivity contribution >= 4 is 62.7 Å². The van der Waals surface area contributed by atoms with Crippen molar-refractivity contribution in [1.82, 2.24) is 10.3 Å². The number of thiocarbonyl (C=S) groups is 1. The Morgan fingerprint density at radius 2 is 1.70 bits per heavy atom. The molecule has 44 heavy (non-hydrogen) atoms. The van der Waals surface area contributed by atoms with Gasteiger partial charge in [0.2, 0.25) is 0 Å². The first-order chi connectivity index (χ1) is 21.2. The Bertz CT molecular complexity index is 1960. The Labute approximate surface area is 260 Å². The minimum absolute atomic E-state index is 0.208. The third-order valence-corrected chi connectivity index (χ3v) is 8.21. The first-order valence-electron chi connectivity index (χ1n) is 13.4. The van der Waals surface area contributed by atoms with Gasteiger partial charge >= 0.3 is 6.18 Å². The van der Waals surface area contributed by atoms with Crippen LogP contribution in [-0.4, -0.2) is 21.0 Å². The highest BCUT2D eigenvalue weighted by molar-refractivity contribution is 8.26. The maximum absolute atomic E-state index is 13.9. The molecule has 1 fully saturated rings. The molecule has 218 valence electrons. The number of carbonyl (C=O) groups excluding carboxylic acids is 2. The highest BCUT2D eigenvalue weighted by Crippen LogP contribution is 2.39. The molecule has 2 N–H and O–H groups in total. The topological polar surface area (TPSA) is 71.1 Å². The molecule has 0 atom stereocenters. The SMILES string of the molecule is O=C1NC(=S)S/C1=C/c1ccc(CNc2cccc(-c3c(C(=O)c4ccccc4)cnc4c(C(F)(F)F)cccc34)c2)cc1. The molecule has 10 heteroatoms. The van der Waals surface area contributed by atoms with Crippen LogP contribution in [0.4, 0.5) is 18.9 Å². The molecular formula is C34H22F3N3O2S2. The lowest BCUT2D eigenvalue weighted by molar-refractivity contribution is -0.136. The van der Waals surface area contributed by atoms with Gasteiger partial charge in [0, 0.05) is 40.5 Å². The van der Waals surface area contributed by atoms with Crippen molar-refractivity contribution in [2.75, 3.05) is 5.32 Å². The second-order valence-corrected chi connectivity index (χ2v) is 11.7. The van der Waals surface area contributed by atoms with Crippen LogP contribution in [-0.2, 0) is 17.5 Å². The number of ketones is 1. The van der Waals surface area contributed by atoms with Gasteiger partial charge in [0.25, 0.3) is 5.91 Å². The number of nitrogens with zero attached hydrogens (tertiary/aromatic N) is 1. The average molecular weight is 626 g/mol. The van der Waals surface area contributed by atoms with Crippen molar-refractivity contribution in [3.63, 3.8) is 0 Å². The number of nitrogens with one attached hydrogen (secondary N) is 2. The smallest absolute Gasteiger partial charge is 0.381 e. The third kappa shape index (κ3) is 6.13. The van der Waals surface area contributed by atoms with Gasteiger partial charge in [0.05, 0.1) is 16.0 Å². The molecule has 1 aliphatic heterocycles. The van der Waals surface area contributed by atoms with E-state index in [2.05, 4.69) is 15.6 Å². The van der Waals surface area contributed by atoms with E-state index in [1.54, 1.807) is 54.6 Å². The second kappa shape index (κ2) is 12.1. The van der Waals surface area contributed by atoms with Crippen molar-refractivity contribution in [1.29, 1.82) is 0 Å². The van der Waals surface area contributed by atoms with E-state index in [1.165, 1.54) is 24.0 Å². The van der Waals surface area contributed by atoms with Crippen LogP contribution >= 0.6 is 24.0 Å². The Morgan fingerprint density at radius 3 is 2.41 bits per heavy atom. The van der Waals surface area contributed by atoms with Gasteiger partial charge in [-0.05, 0) is 41.0 Å². The number of benzene rings is 4. The van der Waals surface area contributed by atoms with Crippen LogP contribution in [0.2, 0.25) is 0 Å². The van der Waals surface area contributed by atoms with E-state index in [0.717, 1.165) is 22.9 Å². The largest absolute Gasteiger partial charge is 0.418 e. The summed E-state index contributed by atoms with van der Waals surface area (Å²) >= 11 is 6.26. The van der Waals surface area contributed by atoms with Gasteiger partial charge in [-0.2, -0.15) is 13.2 Å². The zero-order valence-corrected chi connectivity index (χ0v) is 24.4. The normalized spacial score (nSPS) is 14.2. The number of hydrogen-bond acceptors (Lipinski definition) is 6.